The molecule has 0 heterocycles. The lowest BCUT2D eigenvalue weighted by atomic mass is 10.3. The number of carbonyl (C=O) groups excluding carboxylic acids is 1. The van der Waals surface area contributed by atoms with Gasteiger partial charge < -0.3 is 5.32 Å². The standard InChI is InChI=1S/C8H4ClF3INO/c9-4-1-2-5(13)6(3-4)14-7(15)8(10,11)12/h1-3H,(H,14,15). The summed E-state index contributed by atoms with van der Waals surface area (Å²) < 4.78 is 36.2. The van der Waals surface area contributed by atoms with Gasteiger partial charge in [-0.2, -0.15) is 13.2 Å². The number of rotatable bonds is 1. The summed E-state index contributed by atoms with van der Waals surface area (Å²) in [6, 6.07) is 4.29. The van der Waals surface area contributed by atoms with Crippen molar-refractivity contribution in [1.29, 1.82) is 0 Å². The summed E-state index contributed by atoms with van der Waals surface area (Å²) in [6.45, 7) is 0. The molecule has 0 radical (unpaired) electrons. The van der Waals surface area contributed by atoms with Gasteiger partial charge in [0.2, 0.25) is 0 Å². The number of hydrogen-bond donors (Lipinski definition) is 1. The predicted molar refractivity (Wildman–Crippen MR) is 58.9 cm³/mol. The largest absolute Gasteiger partial charge is 0.471 e. The molecule has 0 saturated carbocycles. The SMILES string of the molecule is O=C(Nc1cc(Cl)ccc1I)C(F)(F)F. The molecule has 1 aromatic rings. The Morgan fingerprint density at radius 1 is 1.40 bits per heavy atom. The number of nitrogens with one attached hydrogen (secondary N) is 1. The van der Waals surface area contributed by atoms with Crippen LogP contribution in [0, 0.1) is 3.57 Å². The topological polar surface area (TPSA) is 29.1 Å². The van der Waals surface area contributed by atoms with E-state index in [1.807, 2.05) is 0 Å². The molecule has 0 saturated heterocycles. The molecule has 0 aliphatic rings. The van der Waals surface area contributed by atoms with Gasteiger partial charge in [-0.25, -0.2) is 0 Å². The van der Waals surface area contributed by atoms with Crippen LogP contribution in [0.5, 0.6) is 0 Å². The summed E-state index contributed by atoms with van der Waals surface area (Å²) in [5, 5.41) is 1.99. The Balaban J connectivity index is 2.90. The Labute approximate surface area is 102 Å². The number of carbonyl (C=O) groups is 1. The zero-order chi connectivity index (χ0) is 11.6. The van der Waals surface area contributed by atoms with Crippen LogP contribution in [0.2, 0.25) is 5.02 Å². The molecular formula is C8H4ClF3INO. The third-order valence-corrected chi connectivity index (χ3v) is 2.61. The van der Waals surface area contributed by atoms with Crippen LogP contribution in [0.4, 0.5) is 18.9 Å². The van der Waals surface area contributed by atoms with Gasteiger partial charge in [0.1, 0.15) is 0 Å². The summed E-state index contributed by atoms with van der Waals surface area (Å²) in [5.41, 5.74) is 0.0467. The molecule has 0 bridgehead atoms. The summed E-state index contributed by atoms with van der Waals surface area (Å²) in [7, 11) is 0. The van der Waals surface area contributed by atoms with E-state index in [9.17, 15) is 18.0 Å². The second kappa shape index (κ2) is 4.56. The van der Waals surface area contributed by atoms with Crippen molar-refractivity contribution in [2.75, 3.05) is 5.32 Å². The monoisotopic (exact) mass is 349 g/mol. The Bertz CT molecular complexity index is 394. The summed E-state index contributed by atoms with van der Waals surface area (Å²) in [6.07, 6.45) is -4.90. The Kier molecular flexibility index (Phi) is 3.82. The lowest BCUT2D eigenvalue weighted by Crippen LogP contribution is -2.30. The molecule has 82 valence electrons. The van der Waals surface area contributed by atoms with Crippen molar-refractivity contribution in [3.05, 3.63) is 26.8 Å². The molecule has 1 N–H and O–H groups in total. The van der Waals surface area contributed by atoms with Crippen molar-refractivity contribution in [1.82, 2.24) is 0 Å². The molecule has 0 unspecified atom stereocenters. The van der Waals surface area contributed by atoms with Crippen molar-refractivity contribution in [3.63, 3.8) is 0 Å². The number of benzene rings is 1. The predicted octanol–water partition coefficient (Wildman–Crippen LogP) is 3.45. The molecule has 1 amide bonds. The summed E-state index contributed by atoms with van der Waals surface area (Å²) in [4.78, 5) is 10.6. The van der Waals surface area contributed by atoms with Crippen LogP contribution in [-0.4, -0.2) is 12.1 Å². The zero-order valence-electron chi connectivity index (χ0n) is 7.03. The number of hydrogen-bond acceptors (Lipinski definition) is 1. The average Bonchev–Trinajstić information content (AvgIpc) is 2.09. The molecule has 15 heavy (non-hydrogen) atoms. The van der Waals surface area contributed by atoms with Crippen LogP contribution in [0.15, 0.2) is 18.2 Å². The molecule has 2 nitrogen and oxygen atoms in total. The van der Waals surface area contributed by atoms with Crippen LogP contribution in [-0.2, 0) is 4.79 Å². The van der Waals surface area contributed by atoms with E-state index in [0.29, 0.717) is 3.57 Å². The van der Waals surface area contributed by atoms with Gasteiger partial charge in [0, 0.05) is 8.59 Å². The van der Waals surface area contributed by atoms with Gasteiger partial charge in [-0.3, -0.25) is 4.79 Å². The first-order valence-corrected chi connectivity index (χ1v) is 5.09. The van der Waals surface area contributed by atoms with E-state index in [0.717, 1.165) is 0 Å². The number of halogens is 5. The van der Waals surface area contributed by atoms with E-state index in [4.69, 9.17) is 11.6 Å². The van der Waals surface area contributed by atoms with Gasteiger partial charge in [-0.15, -0.1) is 0 Å². The fraction of sp³-hybridized carbons (Fsp3) is 0.125. The van der Waals surface area contributed by atoms with E-state index >= 15 is 0 Å². The Morgan fingerprint density at radius 3 is 2.53 bits per heavy atom. The van der Waals surface area contributed by atoms with E-state index < -0.39 is 12.1 Å². The van der Waals surface area contributed by atoms with Gasteiger partial charge in [0.15, 0.2) is 0 Å². The van der Waals surface area contributed by atoms with Gasteiger partial charge in [0.05, 0.1) is 5.69 Å². The quantitative estimate of drug-likeness (QED) is 0.773. The summed E-state index contributed by atoms with van der Waals surface area (Å²) >= 11 is 7.38. The van der Waals surface area contributed by atoms with Crippen molar-refractivity contribution < 1.29 is 18.0 Å². The van der Waals surface area contributed by atoms with Crippen molar-refractivity contribution in [2.45, 2.75) is 6.18 Å². The highest BCUT2D eigenvalue weighted by atomic mass is 127. The smallest absolute Gasteiger partial charge is 0.317 e. The highest BCUT2D eigenvalue weighted by molar-refractivity contribution is 14.1. The van der Waals surface area contributed by atoms with Gasteiger partial charge in [-0.1, -0.05) is 11.6 Å². The number of alkyl halides is 3. The molecule has 1 aromatic carbocycles. The average molecular weight is 349 g/mol. The lowest BCUT2D eigenvalue weighted by molar-refractivity contribution is -0.167. The minimum absolute atomic E-state index is 0.0467. The van der Waals surface area contributed by atoms with E-state index in [1.54, 1.807) is 27.9 Å². The maximum Gasteiger partial charge on any atom is 0.471 e. The molecule has 0 aliphatic carbocycles. The van der Waals surface area contributed by atoms with Crippen molar-refractivity contribution in [2.24, 2.45) is 0 Å². The molecule has 0 aromatic heterocycles. The molecule has 1 rings (SSSR count). The number of anilines is 1. The first-order valence-electron chi connectivity index (χ1n) is 3.64. The second-order valence-electron chi connectivity index (χ2n) is 2.58. The van der Waals surface area contributed by atoms with Crippen molar-refractivity contribution >= 4 is 45.8 Å². The van der Waals surface area contributed by atoms with Gasteiger partial charge in [0.25, 0.3) is 0 Å². The minimum atomic E-state index is -4.90. The van der Waals surface area contributed by atoms with Crippen LogP contribution < -0.4 is 5.32 Å². The van der Waals surface area contributed by atoms with Gasteiger partial charge >= 0.3 is 12.1 Å². The lowest BCUT2D eigenvalue weighted by Gasteiger charge is -2.09. The second-order valence-corrected chi connectivity index (χ2v) is 4.17. The normalized spacial score (nSPS) is 11.3. The Morgan fingerprint density at radius 2 is 2.00 bits per heavy atom. The van der Waals surface area contributed by atoms with Crippen LogP contribution in [0.25, 0.3) is 0 Å². The molecular weight excluding hydrogens is 345 g/mol. The van der Waals surface area contributed by atoms with Crippen molar-refractivity contribution in [3.8, 4) is 0 Å². The number of amides is 1. The molecule has 0 atom stereocenters. The van der Waals surface area contributed by atoms with Gasteiger partial charge in [-0.05, 0) is 40.8 Å². The summed E-state index contributed by atoms with van der Waals surface area (Å²) in [5.74, 6) is -2.01. The fourth-order valence-corrected chi connectivity index (χ4v) is 1.43. The van der Waals surface area contributed by atoms with Crippen LogP contribution in [0.1, 0.15) is 0 Å². The van der Waals surface area contributed by atoms with E-state index in [1.165, 1.54) is 18.2 Å². The zero-order valence-corrected chi connectivity index (χ0v) is 9.94. The Hall–Kier alpha value is -0.500. The van der Waals surface area contributed by atoms with Crippen LogP contribution in [0.3, 0.4) is 0 Å². The molecule has 0 aliphatic heterocycles. The highest BCUT2D eigenvalue weighted by Crippen LogP contribution is 2.25. The fourth-order valence-electron chi connectivity index (χ4n) is 0.786. The maximum absolute atomic E-state index is 11.9. The van der Waals surface area contributed by atoms with Crippen LogP contribution >= 0.6 is 34.2 Å². The molecule has 0 fully saturated rings. The third kappa shape index (κ3) is 3.53. The first kappa shape index (κ1) is 12.6. The first-order chi connectivity index (χ1) is 6.80. The third-order valence-electron chi connectivity index (χ3n) is 1.43. The minimum Gasteiger partial charge on any atom is -0.317 e. The van der Waals surface area contributed by atoms with E-state index in [2.05, 4.69) is 0 Å². The highest BCUT2D eigenvalue weighted by Gasteiger charge is 2.38. The maximum atomic E-state index is 11.9. The molecule has 0 spiro atoms. The molecule has 7 heteroatoms. The van der Waals surface area contributed by atoms with E-state index in [-0.39, 0.29) is 10.7 Å².